The van der Waals surface area contributed by atoms with E-state index in [2.05, 4.69) is 10.0 Å². The van der Waals surface area contributed by atoms with E-state index in [9.17, 15) is 17.4 Å². The van der Waals surface area contributed by atoms with Gasteiger partial charge in [-0.25, -0.2) is 13.1 Å². The molecule has 1 amide bonds. The summed E-state index contributed by atoms with van der Waals surface area (Å²) in [6.07, 6.45) is 1.61. The number of thiophene rings is 1. The Bertz CT molecular complexity index is 1130. The molecule has 0 radical (unpaired) electrons. The van der Waals surface area contributed by atoms with Crippen LogP contribution in [0.15, 0.2) is 70.9 Å². The topological polar surface area (TPSA) is 92.3 Å². The summed E-state index contributed by atoms with van der Waals surface area (Å²) >= 11 is 1.46. The third-order valence-corrected chi connectivity index (χ3v) is 6.99. The largest absolute Gasteiger partial charge is 0.322 e. The number of benzene rings is 2. The molecule has 29 heavy (non-hydrogen) atoms. The van der Waals surface area contributed by atoms with E-state index >= 15 is 0 Å². The average molecular weight is 449 g/mol. The molecule has 152 valence electrons. The number of carbonyl (C=O) groups excluding carboxylic acids is 1. The number of amides is 1. The molecular formula is C20H20N2O4S3. The first kappa shape index (κ1) is 21.4. The van der Waals surface area contributed by atoms with Gasteiger partial charge in [0.15, 0.2) is 0 Å². The maximum Gasteiger partial charge on any atom is 0.255 e. The van der Waals surface area contributed by atoms with Crippen molar-refractivity contribution < 1.29 is 17.4 Å². The summed E-state index contributed by atoms with van der Waals surface area (Å²) in [5, 5.41) is 4.63. The highest BCUT2D eigenvalue weighted by molar-refractivity contribution is 7.89. The second kappa shape index (κ2) is 9.45. The summed E-state index contributed by atoms with van der Waals surface area (Å²) in [5.74, 6) is -0.0250. The van der Waals surface area contributed by atoms with Crippen molar-refractivity contribution >= 4 is 43.8 Å². The molecule has 9 heteroatoms. The van der Waals surface area contributed by atoms with Gasteiger partial charge in [-0.05, 0) is 47.3 Å². The Morgan fingerprint density at radius 3 is 2.59 bits per heavy atom. The van der Waals surface area contributed by atoms with Crippen LogP contribution < -0.4 is 10.0 Å². The summed E-state index contributed by atoms with van der Waals surface area (Å²) in [6, 6.07) is 16.7. The lowest BCUT2D eigenvalue weighted by atomic mass is 10.2. The summed E-state index contributed by atoms with van der Waals surface area (Å²) in [6.45, 7) is 0.196. The number of hydrogen-bond acceptors (Lipinski definition) is 5. The van der Waals surface area contributed by atoms with Gasteiger partial charge in [0.1, 0.15) is 0 Å². The van der Waals surface area contributed by atoms with Gasteiger partial charge in [-0.1, -0.05) is 24.3 Å². The van der Waals surface area contributed by atoms with Crippen molar-refractivity contribution in [2.24, 2.45) is 0 Å². The molecule has 2 aromatic carbocycles. The van der Waals surface area contributed by atoms with Crippen LogP contribution >= 0.6 is 11.3 Å². The third kappa shape index (κ3) is 6.07. The number of carbonyl (C=O) groups is 1. The summed E-state index contributed by atoms with van der Waals surface area (Å²) in [7, 11) is -4.73. The number of hydrogen-bond donors (Lipinski definition) is 2. The highest BCUT2D eigenvalue weighted by Gasteiger charge is 2.16. The molecule has 0 saturated heterocycles. The normalized spacial score (nSPS) is 12.4. The summed E-state index contributed by atoms with van der Waals surface area (Å²) in [5.41, 5.74) is 1.63. The Hall–Kier alpha value is -2.33. The summed E-state index contributed by atoms with van der Waals surface area (Å²) < 4.78 is 39.0. The van der Waals surface area contributed by atoms with Crippen molar-refractivity contribution in [1.82, 2.24) is 4.72 Å². The molecule has 1 unspecified atom stereocenters. The van der Waals surface area contributed by atoms with Crippen molar-refractivity contribution in [2.45, 2.75) is 17.2 Å². The minimum absolute atomic E-state index is 0.0248. The van der Waals surface area contributed by atoms with Gasteiger partial charge in [-0.3, -0.25) is 9.00 Å². The number of rotatable bonds is 8. The van der Waals surface area contributed by atoms with Crippen LogP contribution in [0.4, 0.5) is 5.69 Å². The van der Waals surface area contributed by atoms with Crippen molar-refractivity contribution in [3.8, 4) is 0 Å². The zero-order valence-electron chi connectivity index (χ0n) is 15.6. The van der Waals surface area contributed by atoms with Crippen LogP contribution in [0.1, 0.15) is 20.8 Å². The minimum Gasteiger partial charge on any atom is -0.322 e. The van der Waals surface area contributed by atoms with Crippen LogP contribution in [0, 0.1) is 0 Å². The molecular weight excluding hydrogens is 428 g/mol. The van der Waals surface area contributed by atoms with E-state index in [1.54, 1.807) is 30.5 Å². The first-order valence-electron chi connectivity index (χ1n) is 8.66. The highest BCUT2D eigenvalue weighted by Crippen LogP contribution is 2.17. The van der Waals surface area contributed by atoms with E-state index < -0.39 is 26.7 Å². The van der Waals surface area contributed by atoms with Gasteiger partial charge in [-0.2, -0.15) is 0 Å². The lowest BCUT2D eigenvalue weighted by Gasteiger charge is -2.09. The molecule has 0 aliphatic rings. The maximum atomic E-state index is 12.6. The van der Waals surface area contributed by atoms with E-state index in [4.69, 9.17) is 0 Å². The zero-order chi connectivity index (χ0) is 20.9. The molecule has 0 fully saturated rings. The molecule has 0 aliphatic heterocycles. The lowest BCUT2D eigenvalue weighted by molar-refractivity contribution is 0.102. The van der Waals surface area contributed by atoms with Crippen LogP contribution in [0.2, 0.25) is 0 Å². The Labute approximate surface area is 176 Å². The highest BCUT2D eigenvalue weighted by atomic mass is 32.2. The van der Waals surface area contributed by atoms with Gasteiger partial charge in [0, 0.05) is 45.5 Å². The Kier molecular flexibility index (Phi) is 6.96. The van der Waals surface area contributed by atoms with Crippen LogP contribution in [0.3, 0.4) is 0 Å². The van der Waals surface area contributed by atoms with Crippen molar-refractivity contribution in [2.75, 3.05) is 11.6 Å². The molecule has 3 rings (SSSR count). The second-order valence-corrected chi connectivity index (χ2v) is 10.5. The molecule has 0 aliphatic carbocycles. The molecule has 1 atom stereocenters. The van der Waals surface area contributed by atoms with E-state index in [1.165, 1.54) is 29.5 Å². The Balaban J connectivity index is 1.73. The van der Waals surface area contributed by atoms with E-state index in [0.717, 1.165) is 10.4 Å². The zero-order valence-corrected chi connectivity index (χ0v) is 18.1. The fraction of sp³-hybridized carbons (Fsp3) is 0.150. The van der Waals surface area contributed by atoms with Crippen molar-refractivity contribution in [3.63, 3.8) is 0 Å². The first-order valence-corrected chi connectivity index (χ1v) is 12.7. The first-order chi connectivity index (χ1) is 13.8. The number of sulfonamides is 1. The van der Waals surface area contributed by atoms with Crippen LogP contribution in [0.25, 0.3) is 0 Å². The second-order valence-electron chi connectivity index (χ2n) is 6.30. The van der Waals surface area contributed by atoms with Crippen LogP contribution in [-0.2, 0) is 33.1 Å². The molecule has 0 spiro atoms. The smallest absolute Gasteiger partial charge is 0.255 e. The van der Waals surface area contributed by atoms with Gasteiger partial charge in [-0.15, -0.1) is 11.3 Å². The van der Waals surface area contributed by atoms with Gasteiger partial charge in [0.05, 0.1) is 4.90 Å². The van der Waals surface area contributed by atoms with Crippen LogP contribution in [-0.4, -0.2) is 24.8 Å². The van der Waals surface area contributed by atoms with Crippen LogP contribution in [0.5, 0.6) is 0 Å². The molecule has 6 nitrogen and oxygen atoms in total. The molecule has 2 N–H and O–H groups in total. The quantitative estimate of drug-likeness (QED) is 0.553. The minimum atomic E-state index is -3.74. The monoisotopic (exact) mass is 448 g/mol. The Morgan fingerprint density at radius 1 is 1.07 bits per heavy atom. The van der Waals surface area contributed by atoms with Gasteiger partial charge in [0.2, 0.25) is 10.0 Å². The van der Waals surface area contributed by atoms with E-state index in [0.29, 0.717) is 11.4 Å². The average Bonchev–Trinajstić information content (AvgIpc) is 3.20. The fourth-order valence-corrected chi connectivity index (χ4v) is 5.08. The lowest BCUT2D eigenvalue weighted by Crippen LogP contribution is -2.23. The predicted molar refractivity (Wildman–Crippen MR) is 117 cm³/mol. The molecule has 0 saturated carbocycles. The Morgan fingerprint density at radius 2 is 1.86 bits per heavy atom. The standard InChI is InChI=1S/C20H20N2O4S3/c1-28(24)14-15-5-2-7-17(11-15)22-20(23)16-6-3-9-19(12-16)29(25,26)21-13-18-8-4-10-27-18/h2-12,21H,13-14H2,1H3,(H,22,23). The summed E-state index contributed by atoms with van der Waals surface area (Å²) in [4.78, 5) is 13.5. The van der Waals surface area contributed by atoms with Crippen molar-refractivity contribution in [3.05, 3.63) is 82.0 Å². The molecule has 1 heterocycles. The SMILES string of the molecule is CS(=O)Cc1cccc(NC(=O)c2cccc(S(=O)(=O)NCc3cccs3)c2)c1. The predicted octanol–water partition coefficient (Wildman–Crippen LogP) is 3.36. The number of anilines is 1. The maximum absolute atomic E-state index is 12.6. The van der Waals surface area contributed by atoms with Gasteiger partial charge in [0.25, 0.3) is 5.91 Å². The third-order valence-electron chi connectivity index (χ3n) is 3.98. The van der Waals surface area contributed by atoms with E-state index in [1.807, 2.05) is 23.6 Å². The molecule has 0 bridgehead atoms. The van der Waals surface area contributed by atoms with Gasteiger partial charge < -0.3 is 5.32 Å². The molecule has 1 aromatic heterocycles. The fourth-order valence-electron chi connectivity index (χ4n) is 2.64. The van der Waals surface area contributed by atoms with E-state index in [-0.39, 0.29) is 17.0 Å². The van der Waals surface area contributed by atoms with Crippen molar-refractivity contribution in [1.29, 1.82) is 0 Å². The molecule has 3 aromatic rings. The number of nitrogens with one attached hydrogen (secondary N) is 2. The van der Waals surface area contributed by atoms with Gasteiger partial charge >= 0.3 is 0 Å².